The minimum Gasteiger partial charge on any atom is -0.378 e. The third-order valence-corrected chi connectivity index (χ3v) is 5.33. The third-order valence-electron chi connectivity index (χ3n) is 3.68. The fraction of sp³-hybridized carbons (Fsp3) is 0.250. The van der Waals surface area contributed by atoms with E-state index in [-0.39, 0.29) is 27.6 Å². The van der Waals surface area contributed by atoms with Crippen molar-refractivity contribution in [1.82, 2.24) is 4.90 Å². The Kier molecular flexibility index (Phi) is 13.5. The number of nitrogens with zero attached hydrogens (tertiary/aromatic N) is 1. The van der Waals surface area contributed by atoms with Crippen molar-refractivity contribution in [3.05, 3.63) is 68.7 Å². The molecule has 2 aromatic carbocycles. The SMILES string of the molecule is O=C(Cl)Cc1ccc(Cl)cc1.O=C(Cl)N1CCOCC1.O=C(Cl)c1cccc(Cl)c1Cl. The first-order chi connectivity index (χ1) is 14.6. The summed E-state index contributed by atoms with van der Waals surface area (Å²) in [7, 11) is 0. The smallest absolute Gasteiger partial charge is 0.316 e. The summed E-state index contributed by atoms with van der Waals surface area (Å²) in [5.41, 5.74) is 1.12. The minimum atomic E-state index is -0.600. The molecule has 0 N–H and O–H groups in total. The van der Waals surface area contributed by atoms with Gasteiger partial charge in [0.2, 0.25) is 5.24 Å². The number of halogens is 6. The van der Waals surface area contributed by atoms with E-state index < -0.39 is 5.24 Å². The first-order valence-corrected chi connectivity index (χ1v) is 11.0. The molecule has 1 aliphatic heterocycles. The molecule has 0 unspecified atom stereocenters. The van der Waals surface area contributed by atoms with Crippen LogP contribution in [0.15, 0.2) is 42.5 Å². The number of rotatable bonds is 3. The molecule has 0 aromatic heterocycles. The summed E-state index contributed by atoms with van der Waals surface area (Å²) >= 11 is 32.5. The Labute approximate surface area is 210 Å². The fourth-order valence-electron chi connectivity index (χ4n) is 2.16. The molecule has 0 bridgehead atoms. The van der Waals surface area contributed by atoms with E-state index in [9.17, 15) is 14.4 Å². The molecule has 168 valence electrons. The molecule has 0 saturated carbocycles. The van der Waals surface area contributed by atoms with Crippen LogP contribution in [0.1, 0.15) is 15.9 Å². The van der Waals surface area contributed by atoms with Crippen LogP contribution in [0.5, 0.6) is 0 Å². The topological polar surface area (TPSA) is 63.7 Å². The second-order valence-electron chi connectivity index (χ2n) is 5.89. The zero-order valence-corrected chi connectivity index (χ0v) is 20.5. The zero-order valence-electron chi connectivity index (χ0n) is 15.9. The molecular formula is C20H17Cl6NO4. The van der Waals surface area contributed by atoms with Crippen LogP contribution in [0.2, 0.25) is 15.1 Å². The van der Waals surface area contributed by atoms with Gasteiger partial charge in [-0.3, -0.25) is 14.4 Å². The van der Waals surface area contributed by atoms with Crippen LogP contribution in [0.25, 0.3) is 0 Å². The predicted molar refractivity (Wildman–Crippen MR) is 126 cm³/mol. The Morgan fingerprint density at radius 3 is 1.87 bits per heavy atom. The highest BCUT2D eigenvalue weighted by Crippen LogP contribution is 2.26. The van der Waals surface area contributed by atoms with E-state index in [1.807, 2.05) is 0 Å². The molecule has 1 aliphatic rings. The highest BCUT2D eigenvalue weighted by atomic mass is 35.5. The van der Waals surface area contributed by atoms with Crippen molar-refractivity contribution in [2.45, 2.75) is 6.42 Å². The van der Waals surface area contributed by atoms with Gasteiger partial charge in [0.05, 0.1) is 28.8 Å². The van der Waals surface area contributed by atoms with Gasteiger partial charge in [0, 0.05) is 24.5 Å². The first-order valence-electron chi connectivity index (χ1n) is 8.70. The van der Waals surface area contributed by atoms with Crippen molar-refractivity contribution in [2.75, 3.05) is 26.3 Å². The summed E-state index contributed by atoms with van der Waals surface area (Å²) in [6, 6.07) is 11.7. The summed E-state index contributed by atoms with van der Waals surface area (Å²) in [5.74, 6) is 0. The lowest BCUT2D eigenvalue weighted by Crippen LogP contribution is -2.37. The molecule has 1 saturated heterocycles. The summed E-state index contributed by atoms with van der Waals surface area (Å²) in [6.07, 6.45) is 0.263. The third kappa shape index (κ3) is 11.4. The van der Waals surface area contributed by atoms with Crippen molar-refractivity contribution >= 4 is 85.5 Å². The number of morpholine rings is 1. The van der Waals surface area contributed by atoms with E-state index in [4.69, 9.17) is 74.3 Å². The van der Waals surface area contributed by atoms with Crippen LogP contribution in [-0.4, -0.2) is 47.1 Å². The first kappa shape index (κ1) is 28.0. The molecule has 1 heterocycles. The Hall–Kier alpha value is -1.05. The summed E-state index contributed by atoms with van der Waals surface area (Å²) in [5, 5.41) is -0.133. The molecule has 0 spiro atoms. The molecule has 2 aromatic rings. The monoisotopic (exact) mass is 545 g/mol. The number of ether oxygens (including phenoxy) is 1. The molecule has 11 heteroatoms. The Balaban J connectivity index is 0.000000234. The number of carbonyl (C=O) groups excluding carboxylic acids is 3. The maximum absolute atomic E-state index is 10.6. The van der Waals surface area contributed by atoms with Crippen LogP contribution in [0, 0.1) is 0 Å². The Morgan fingerprint density at radius 1 is 0.871 bits per heavy atom. The number of hydrogen-bond acceptors (Lipinski definition) is 4. The van der Waals surface area contributed by atoms with Gasteiger partial charge >= 0.3 is 5.37 Å². The van der Waals surface area contributed by atoms with Crippen molar-refractivity contribution in [1.29, 1.82) is 0 Å². The average molecular weight is 548 g/mol. The number of benzene rings is 2. The van der Waals surface area contributed by atoms with Crippen LogP contribution in [-0.2, 0) is 16.0 Å². The highest BCUT2D eigenvalue weighted by molar-refractivity contribution is 6.69. The highest BCUT2D eigenvalue weighted by Gasteiger charge is 2.13. The van der Waals surface area contributed by atoms with E-state index in [1.54, 1.807) is 41.3 Å². The van der Waals surface area contributed by atoms with Crippen LogP contribution in [0.3, 0.4) is 0 Å². The van der Waals surface area contributed by atoms with Crippen molar-refractivity contribution in [3.63, 3.8) is 0 Å². The molecule has 5 nitrogen and oxygen atoms in total. The van der Waals surface area contributed by atoms with Crippen LogP contribution in [0.4, 0.5) is 4.79 Å². The van der Waals surface area contributed by atoms with E-state index in [2.05, 4.69) is 0 Å². The van der Waals surface area contributed by atoms with E-state index in [0.29, 0.717) is 36.3 Å². The van der Waals surface area contributed by atoms with E-state index in [0.717, 1.165) is 5.56 Å². The predicted octanol–water partition coefficient (Wildman–Crippen LogP) is 6.70. The van der Waals surface area contributed by atoms with Crippen molar-refractivity contribution in [2.24, 2.45) is 0 Å². The van der Waals surface area contributed by atoms with Gasteiger partial charge in [0.1, 0.15) is 0 Å². The quantitative estimate of drug-likeness (QED) is 0.317. The molecule has 0 aliphatic carbocycles. The average Bonchev–Trinajstić information content (AvgIpc) is 2.73. The lowest BCUT2D eigenvalue weighted by molar-refractivity contribution is -0.111. The van der Waals surface area contributed by atoms with Gasteiger partial charge in [-0.15, -0.1) is 0 Å². The summed E-state index contributed by atoms with van der Waals surface area (Å²) < 4.78 is 5.00. The normalized spacial score (nSPS) is 12.6. The maximum Gasteiger partial charge on any atom is 0.316 e. The van der Waals surface area contributed by atoms with Gasteiger partial charge in [0.25, 0.3) is 5.24 Å². The van der Waals surface area contributed by atoms with Crippen LogP contribution < -0.4 is 0 Å². The largest absolute Gasteiger partial charge is 0.378 e. The molecule has 1 amide bonds. The fourth-order valence-corrected chi connectivity index (χ4v) is 3.20. The molecule has 0 atom stereocenters. The maximum atomic E-state index is 10.6. The standard InChI is InChI=1S/C8H6Cl2O.C7H3Cl3O.C5H8ClNO2/c9-7-3-1-6(2-4-7)5-8(10)11;8-5-3-1-2-4(6(5)9)7(10)11;6-5(8)7-1-3-9-4-2-7/h1-4H,5H2;1-3H;1-4H2. The van der Waals surface area contributed by atoms with E-state index >= 15 is 0 Å². The Morgan fingerprint density at radius 2 is 1.45 bits per heavy atom. The summed E-state index contributed by atoms with van der Waals surface area (Å²) in [6.45, 7) is 2.47. The van der Waals surface area contributed by atoms with E-state index in [1.165, 1.54) is 6.07 Å². The molecule has 1 fully saturated rings. The van der Waals surface area contributed by atoms with Gasteiger partial charge in [-0.1, -0.05) is 53.0 Å². The van der Waals surface area contributed by atoms with Gasteiger partial charge in [-0.05, 0) is 64.6 Å². The molecule has 0 radical (unpaired) electrons. The van der Waals surface area contributed by atoms with Gasteiger partial charge < -0.3 is 9.64 Å². The lowest BCUT2D eigenvalue weighted by Gasteiger charge is -2.23. The van der Waals surface area contributed by atoms with Gasteiger partial charge in [0.15, 0.2) is 0 Å². The van der Waals surface area contributed by atoms with Crippen LogP contribution >= 0.6 is 69.6 Å². The molecule has 31 heavy (non-hydrogen) atoms. The number of carbonyl (C=O) groups is 3. The second kappa shape index (κ2) is 14.9. The molecule has 3 rings (SSSR count). The lowest BCUT2D eigenvalue weighted by atomic mass is 10.2. The van der Waals surface area contributed by atoms with Crippen molar-refractivity contribution < 1.29 is 19.1 Å². The Bertz CT molecular complexity index is 886. The summed E-state index contributed by atoms with van der Waals surface area (Å²) in [4.78, 5) is 33.1. The second-order valence-corrected chi connectivity index (χ2v) is 8.20. The van der Waals surface area contributed by atoms with Crippen molar-refractivity contribution in [3.8, 4) is 0 Å². The zero-order chi connectivity index (χ0) is 23.4. The minimum absolute atomic E-state index is 0.203. The van der Waals surface area contributed by atoms with Gasteiger partial charge in [-0.25, -0.2) is 0 Å². The van der Waals surface area contributed by atoms with Gasteiger partial charge in [-0.2, -0.15) is 0 Å². The number of amides is 1. The molecular weight excluding hydrogens is 531 g/mol. The number of hydrogen-bond donors (Lipinski definition) is 0.